The minimum atomic E-state index is 0.0472. The van der Waals surface area contributed by atoms with Crippen molar-refractivity contribution >= 4 is 39.7 Å². The highest BCUT2D eigenvalue weighted by molar-refractivity contribution is 7.12. The van der Waals surface area contributed by atoms with Crippen LogP contribution in [-0.4, -0.2) is 56.1 Å². The summed E-state index contributed by atoms with van der Waals surface area (Å²) in [5, 5.41) is 12.1. The maximum atomic E-state index is 13.0. The smallest absolute Gasteiger partial charge is 0.264 e. The lowest BCUT2D eigenvalue weighted by Gasteiger charge is -2.40. The first kappa shape index (κ1) is 20.8. The Morgan fingerprint density at radius 1 is 1.00 bits per heavy atom. The number of benzene rings is 2. The molecule has 3 aromatic heterocycles. The fourth-order valence-electron chi connectivity index (χ4n) is 4.65. The van der Waals surface area contributed by atoms with Gasteiger partial charge in [-0.3, -0.25) is 4.79 Å². The molecule has 1 aliphatic rings. The first-order valence-corrected chi connectivity index (χ1v) is 12.3. The lowest BCUT2D eigenvalue weighted by Crippen LogP contribution is -2.54. The molecule has 0 aliphatic carbocycles. The zero-order chi connectivity index (χ0) is 23.2. The SMILES string of the molecule is Cc1ccc(-c2nnc3c4ccccc4nc(N4CCN(C(=O)c5cccs5)[C@@H](C)C4)n23)cc1. The van der Waals surface area contributed by atoms with E-state index in [1.165, 1.54) is 16.9 Å². The summed E-state index contributed by atoms with van der Waals surface area (Å²) in [4.78, 5) is 23.1. The maximum Gasteiger partial charge on any atom is 0.264 e. The minimum Gasteiger partial charge on any atom is -0.338 e. The normalized spacial score (nSPS) is 16.5. The highest BCUT2D eigenvalue weighted by Gasteiger charge is 2.31. The lowest BCUT2D eigenvalue weighted by atomic mass is 10.1. The number of piperazine rings is 1. The van der Waals surface area contributed by atoms with Crippen molar-refractivity contribution in [3.8, 4) is 11.4 Å². The Balaban J connectivity index is 1.44. The molecule has 1 aliphatic heterocycles. The summed E-state index contributed by atoms with van der Waals surface area (Å²) < 4.78 is 2.07. The highest BCUT2D eigenvalue weighted by atomic mass is 32.1. The van der Waals surface area contributed by atoms with Crippen molar-refractivity contribution in [2.45, 2.75) is 19.9 Å². The van der Waals surface area contributed by atoms with E-state index in [0.717, 1.165) is 38.8 Å². The van der Waals surface area contributed by atoms with E-state index in [-0.39, 0.29) is 11.9 Å². The average molecular weight is 469 g/mol. The fourth-order valence-corrected chi connectivity index (χ4v) is 5.33. The molecule has 1 amide bonds. The molecule has 4 heterocycles. The number of hydrogen-bond donors (Lipinski definition) is 0. The molecule has 8 heteroatoms. The summed E-state index contributed by atoms with van der Waals surface area (Å²) in [6.45, 7) is 6.18. The second-order valence-electron chi connectivity index (χ2n) is 8.75. The Labute approximate surface area is 201 Å². The van der Waals surface area contributed by atoms with Crippen molar-refractivity contribution in [1.82, 2.24) is 24.5 Å². The molecule has 6 rings (SSSR count). The summed E-state index contributed by atoms with van der Waals surface area (Å²) in [6, 6.07) is 20.2. The van der Waals surface area contributed by atoms with E-state index in [1.807, 2.05) is 46.7 Å². The molecule has 5 aromatic rings. The molecule has 0 bridgehead atoms. The van der Waals surface area contributed by atoms with Gasteiger partial charge in [0.2, 0.25) is 5.95 Å². The summed E-state index contributed by atoms with van der Waals surface area (Å²) >= 11 is 1.49. The van der Waals surface area contributed by atoms with E-state index >= 15 is 0 Å². The molecule has 0 radical (unpaired) electrons. The number of para-hydroxylation sites is 1. The van der Waals surface area contributed by atoms with Gasteiger partial charge in [-0.1, -0.05) is 48.0 Å². The van der Waals surface area contributed by atoms with Crippen molar-refractivity contribution in [2.75, 3.05) is 24.5 Å². The number of amides is 1. The Morgan fingerprint density at radius 2 is 1.82 bits per heavy atom. The van der Waals surface area contributed by atoms with Crippen LogP contribution in [0, 0.1) is 6.92 Å². The van der Waals surface area contributed by atoms with Crippen LogP contribution >= 0.6 is 11.3 Å². The molecule has 1 saturated heterocycles. The number of aromatic nitrogens is 4. The third-order valence-electron chi connectivity index (χ3n) is 6.44. The summed E-state index contributed by atoms with van der Waals surface area (Å²) in [7, 11) is 0. The van der Waals surface area contributed by atoms with Crippen molar-refractivity contribution in [1.29, 1.82) is 0 Å². The molecule has 0 saturated carbocycles. The molecular formula is C26H24N6OS. The highest BCUT2D eigenvalue weighted by Crippen LogP contribution is 2.30. The van der Waals surface area contributed by atoms with E-state index in [4.69, 9.17) is 4.98 Å². The van der Waals surface area contributed by atoms with Gasteiger partial charge in [0.05, 0.1) is 10.4 Å². The number of rotatable bonds is 3. The van der Waals surface area contributed by atoms with Gasteiger partial charge in [0.15, 0.2) is 11.5 Å². The van der Waals surface area contributed by atoms with Crippen molar-refractivity contribution in [3.05, 3.63) is 76.5 Å². The number of fused-ring (bicyclic) bond motifs is 3. The zero-order valence-electron chi connectivity index (χ0n) is 19.0. The quantitative estimate of drug-likeness (QED) is 0.385. The van der Waals surface area contributed by atoms with E-state index in [0.29, 0.717) is 19.6 Å². The number of aryl methyl sites for hydroxylation is 1. The third-order valence-corrected chi connectivity index (χ3v) is 7.30. The van der Waals surface area contributed by atoms with Gasteiger partial charge in [-0.2, -0.15) is 0 Å². The van der Waals surface area contributed by atoms with Crippen molar-refractivity contribution < 1.29 is 4.79 Å². The number of anilines is 1. The number of nitrogens with zero attached hydrogens (tertiary/aromatic N) is 6. The summed E-state index contributed by atoms with van der Waals surface area (Å²) in [5.74, 6) is 1.68. The molecule has 0 spiro atoms. The van der Waals surface area contributed by atoms with Crippen LogP contribution in [0.15, 0.2) is 66.0 Å². The number of hydrogen-bond acceptors (Lipinski definition) is 6. The summed E-state index contributed by atoms with van der Waals surface area (Å²) in [6.07, 6.45) is 0. The number of thiophene rings is 1. The van der Waals surface area contributed by atoms with Gasteiger partial charge >= 0.3 is 0 Å². The first-order valence-electron chi connectivity index (χ1n) is 11.4. The van der Waals surface area contributed by atoms with Gasteiger partial charge in [0.1, 0.15) is 0 Å². The van der Waals surface area contributed by atoms with Gasteiger partial charge in [-0.15, -0.1) is 21.5 Å². The Morgan fingerprint density at radius 3 is 2.59 bits per heavy atom. The van der Waals surface area contributed by atoms with E-state index in [1.54, 1.807) is 0 Å². The molecule has 1 fully saturated rings. The summed E-state index contributed by atoms with van der Waals surface area (Å²) in [5.41, 5.74) is 3.87. The Kier molecular flexibility index (Phi) is 5.03. The standard InChI is InChI=1S/C26H24N6OS/c1-17-9-11-19(12-10-17)23-28-29-24-20-6-3-4-7-21(20)27-26(32(23)24)30-13-14-31(18(2)16-30)25(33)22-8-5-15-34-22/h3-12,15,18H,13-14,16H2,1-2H3/t18-/m0/s1. The topological polar surface area (TPSA) is 66.6 Å². The van der Waals surface area contributed by atoms with Gasteiger partial charge in [0.25, 0.3) is 5.91 Å². The third kappa shape index (κ3) is 3.42. The van der Waals surface area contributed by atoms with Gasteiger partial charge in [0, 0.05) is 36.6 Å². The van der Waals surface area contributed by atoms with Crippen molar-refractivity contribution in [2.24, 2.45) is 0 Å². The Hall–Kier alpha value is -3.78. The fraction of sp³-hybridized carbons (Fsp3) is 0.231. The van der Waals surface area contributed by atoms with E-state index in [2.05, 4.69) is 57.6 Å². The minimum absolute atomic E-state index is 0.0472. The number of carbonyl (C=O) groups is 1. The maximum absolute atomic E-state index is 13.0. The molecule has 170 valence electrons. The second kappa shape index (κ2) is 8.22. The molecular weight excluding hydrogens is 444 g/mol. The van der Waals surface area contributed by atoms with Crippen LogP contribution in [0.1, 0.15) is 22.2 Å². The molecule has 34 heavy (non-hydrogen) atoms. The van der Waals surface area contributed by atoms with Crippen molar-refractivity contribution in [3.63, 3.8) is 0 Å². The number of carbonyl (C=O) groups excluding carboxylic acids is 1. The predicted octanol–water partition coefficient (Wildman–Crippen LogP) is 4.67. The molecule has 1 atom stereocenters. The van der Waals surface area contributed by atoms with Crippen LogP contribution in [0.3, 0.4) is 0 Å². The lowest BCUT2D eigenvalue weighted by molar-refractivity contribution is 0.0678. The monoisotopic (exact) mass is 468 g/mol. The molecule has 0 N–H and O–H groups in total. The molecule has 7 nitrogen and oxygen atoms in total. The van der Waals surface area contributed by atoms with Crippen LogP contribution in [0.4, 0.5) is 5.95 Å². The Bertz CT molecular complexity index is 1490. The van der Waals surface area contributed by atoms with Crippen LogP contribution < -0.4 is 4.90 Å². The zero-order valence-corrected chi connectivity index (χ0v) is 19.9. The van der Waals surface area contributed by atoms with Crippen LogP contribution in [0.25, 0.3) is 27.9 Å². The average Bonchev–Trinajstić information content (AvgIpc) is 3.55. The largest absolute Gasteiger partial charge is 0.338 e. The van der Waals surface area contributed by atoms with Gasteiger partial charge < -0.3 is 9.80 Å². The second-order valence-corrected chi connectivity index (χ2v) is 9.70. The van der Waals surface area contributed by atoms with Gasteiger partial charge in [-0.05, 0) is 37.4 Å². The van der Waals surface area contributed by atoms with Crippen LogP contribution in [0.2, 0.25) is 0 Å². The van der Waals surface area contributed by atoms with Gasteiger partial charge in [-0.25, -0.2) is 9.38 Å². The van der Waals surface area contributed by atoms with Crippen LogP contribution in [0.5, 0.6) is 0 Å². The first-order chi connectivity index (χ1) is 16.6. The van der Waals surface area contributed by atoms with E-state index < -0.39 is 0 Å². The predicted molar refractivity (Wildman–Crippen MR) is 135 cm³/mol. The van der Waals surface area contributed by atoms with E-state index in [9.17, 15) is 4.79 Å². The van der Waals surface area contributed by atoms with Crippen LogP contribution in [-0.2, 0) is 0 Å². The molecule has 0 unspecified atom stereocenters. The molecule has 2 aromatic carbocycles.